The lowest BCUT2D eigenvalue weighted by Gasteiger charge is -2.72. The third-order valence-corrected chi connectivity index (χ3v) is 25.0. The summed E-state index contributed by atoms with van der Waals surface area (Å²) in [6.45, 7) is 7.00. The van der Waals surface area contributed by atoms with Crippen LogP contribution in [0, 0.1) is 50.2 Å². The van der Waals surface area contributed by atoms with Gasteiger partial charge in [-0.05, 0) is 97.7 Å². The Balaban J connectivity index is 0.788. The van der Waals surface area contributed by atoms with E-state index in [1.165, 1.54) is 6.92 Å². The summed E-state index contributed by atoms with van der Waals surface area (Å²) in [7, 11) is 0. The number of ether oxygens (including phenoxy) is 12. The Hall–Kier alpha value is -2.07. The van der Waals surface area contributed by atoms with E-state index in [0.29, 0.717) is 32.1 Å². The second-order valence-corrected chi connectivity index (χ2v) is 31.1. The van der Waals surface area contributed by atoms with Crippen LogP contribution in [0.2, 0.25) is 0 Å². The molecule has 0 bridgehead atoms. The number of carbonyl (C=O) groups excluding carboxylic acids is 1. The van der Waals surface area contributed by atoms with Gasteiger partial charge in [0.1, 0.15) is 127 Å². The maximum atomic E-state index is 15.5. The molecule has 564 valence electrons. The molecule has 0 amide bonds. The van der Waals surface area contributed by atoms with Gasteiger partial charge in [-0.25, -0.2) is 0 Å². The Labute approximate surface area is 564 Å². The molecule has 6 heterocycles. The number of hydrogen-bond donors (Lipinski definition) is 21. The van der Waals surface area contributed by atoms with Crippen LogP contribution in [0.4, 0.5) is 0 Å². The largest absolute Gasteiger partial charge is 0.432 e. The summed E-state index contributed by atoms with van der Waals surface area (Å²) in [5, 5.41) is 232. The molecule has 0 aromatic carbocycles. The van der Waals surface area contributed by atoms with Gasteiger partial charge in [0.25, 0.3) is 0 Å². The fourth-order valence-electron chi connectivity index (χ4n) is 19.0. The molecule has 98 heavy (non-hydrogen) atoms. The van der Waals surface area contributed by atoms with Crippen molar-refractivity contribution >= 4 is 5.97 Å². The van der Waals surface area contributed by atoms with E-state index in [4.69, 9.17) is 56.8 Å². The van der Waals surface area contributed by atoms with E-state index in [1.807, 2.05) is 6.92 Å². The zero-order valence-corrected chi connectivity index (χ0v) is 55.5. The van der Waals surface area contributed by atoms with E-state index in [-0.39, 0.29) is 30.6 Å². The first-order valence-corrected chi connectivity index (χ1v) is 34.0. The average Bonchev–Trinajstić information content (AvgIpc) is 0.669. The minimum atomic E-state index is -2.02. The van der Waals surface area contributed by atoms with Gasteiger partial charge >= 0.3 is 5.97 Å². The number of allylic oxidation sites excluding steroid dienone is 2. The maximum Gasteiger partial charge on any atom is 0.317 e. The van der Waals surface area contributed by atoms with Gasteiger partial charge in [-0.1, -0.05) is 46.3 Å². The molecule has 0 spiro atoms. The summed E-state index contributed by atoms with van der Waals surface area (Å²) < 4.78 is 70.0. The monoisotopic (exact) mass is 1420 g/mol. The molecule has 11 rings (SSSR count). The van der Waals surface area contributed by atoms with Crippen LogP contribution in [0.5, 0.6) is 0 Å². The lowest BCUT2D eigenvalue weighted by atomic mass is 9.33. The minimum Gasteiger partial charge on any atom is -0.432 e. The van der Waals surface area contributed by atoms with E-state index >= 15 is 4.79 Å². The van der Waals surface area contributed by atoms with E-state index < -0.39 is 281 Å². The first-order valence-electron chi connectivity index (χ1n) is 34.0. The highest BCUT2D eigenvalue weighted by Crippen LogP contribution is 2.76. The normalized spacial score (nSPS) is 54.1. The number of esters is 1. The minimum absolute atomic E-state index is 0.0115. The van der Waals surface area contributed by atoms with Gasteiger partial charge < -0.3 is 164 Å². The van der Waals surface area contributed by atoms with Crippen molar-refractivity contribution in [1.82, 2.24) is 0 Å². The maximum absolute atomic E-state index is 15.5. The number of aliphatic hydroxyl groups is 21. The predicted octanol–water partition coefficient (Wildman–Crippen LogP) is -8.19. The smallest absolute Gasteiger partial charge is 0.317 e. The quantitative estimate of drug-likeness (QED) is 0.0365. The topological polar surface area (TPSA) is 553 Å². The molecule has 5 aliphatic carbocycles. The highest BCUT2D eigenvalue weighted by atomic mass is 16.8. The molecule has 0 aromatic heterocycles. The fraction of sp³-hybridized carbons (Fsp3) is 0.953. The summed E-state index contributed by atoms with van der Waals surface area (Å²) in [5.74, 6) is -2.54. The van der Waals surface area contributed by atoms with E-state index in [9.17, 15) is 107 Å². The third-order valence-electron chi connectivity index (χ3n) is 25.0. The molecular formula is C64H104O34. The molecule has 34 nitrogen and oxygen atoms in total. The van der Waals surface area contributed by atoms with Crippen LogP contribution in [0.25, 0.3) is 0 Å². The van der Waals surface area contributed by atoms with Gasteiger partial charge in [-0.15, -0.1) is 0 Å². The highest BCUT2D eigenvalue weighted by Gasteiger charge is 2.74. The third kappa shape index (κ3) is 13.0. The Morgan fingerprint density at radius 3 is 1.60 bits per heavy atom. The average molecular weight is 1420 g/mol. The first-order chi connectivity index (χ1) is 46.0. The number of aliphatic hydroxyl groups excluding tert-OH is 21. The molecular weight excluding hydrogens is 1310 g/mol. The molecule has 0 radical (unpaired) electrons. The van der Waals surface area contributed by atoms with Crippen LogP contribution < -0.4 is 0 Å². The number of fused-ring (bicyclic) bond motifs is 7. The predicted molar refractivity (Wildman–Crippen MR) is 320 cm³/mol. The van der Waals surface area contributed by atoms with Gasteiger partial charge in [-0.3, -0.25) is 4.79 Å². The fourth-order valence-corrected chi connectivity index (χ4v) is 19.0. The highest BCUT2D eigenvalue weighted by molar-refractivity contribution is 5.80. The van der Waals surface area contributed by atoms with Crippen molar-refractivity contribution in [3.8, 4) is 0 Å². The summed E-state index contributed by atoms with van der Waals surface area (Å²) in [5.41, 5.74) is -5.34. The lowest BCUT2D eigenvalue weighted by molar-refractivity contribution is -0.369. The number of carbonyl (C=O) groups is 1. The standard InChI is InChI=1S/C64H104O34/c1-23-49(95-54-44(81)35(72)27(69)17-87-54)43(80)48(85)55(91-23)96-50-36(73)28(70)18-88-57(50)98-58(86)64-12-11-59(2,3)13-25(64)24-7-8-32-60(4)14-26(68)51(63(21-66,22-67)33(60)9-10-61(32,5)62(24,6)15-34(64)71)97-56-47(84)42(79)39(76)31(94-56)20-90-53-46(83)41(78)38(75)30(93-53)19-89-52-45(82)40(77)37(74)29(16-65)92-52/h7,23,25-57,65-85H,8-22H2,1-6H3/t23-,25-,26-,27+,28-,29+,30+,31+,32?,33+,34+,35?,36-,37+,38+,39+,40-,41-,42-,43-,44+,45+,46+,47+,48+,49-,50+,51-,52+,53+,54-,55-,56?,57?,60+,61+,62+,64+/m0/s1. The Bertz CT molecular complexity index is 2750. The molecule has 34 heteroatoms. The first kappa shape index (κ1) is 77.0. The second kappa shape index (κ2) is 29.0. The lowest BCUT2D eigenvalue weighted by Crippen LogP contribution is -2.71. The Morgan fingerprint density at radius 1 is 0.500 bits per heavy atom. The molecule has 6 aliphatic heterocycles. The summed E-state index contributed by atoms with van der Waals surface area (Å²) in [6, 6.07) is 0. The van der Waals surface area contributed by atoms with Crippen molar-refractivity contribution in [1.29, 1.82) is 0 Å². The molecule has 21 N–H and O–H groups in total. The van der Waals surface area contributed by atoms with Crippen molar-refractivity contribution in [3.05, 3.63) is 11.6 Å². The summed E-state index contributed by atoms with van der Waals surface area (Å²) in [6.07, 6.45) is -48.7. The summed E-state index contributed by atoms with van der Waals surface area (Å²) >= 11 is 0. The van der Waals surface area contributed by atoms with E-state index in [2.05, 4.69) is 33.8 Å². The van der Waals surface area contributed by atoms with Crippen LogP contribution in [0.15, 0.2) is 11.6 Å². The molecule has 4 unspecified atom stereocenters. The van der Waals surface area contributed by atoms with Gasteiger partial charge in [-0.2, -0.15) is 0 Å². The molecule has 6 saturated heterocycles. The van der Waals surface area contributed by atoms with Crippen LogP contribution >= 0.6 is 0 Å². The van der Waals surface area contributed by atoms with Crippen LogP contribution in [0.1, 0.15) is 92.9 Å². The Kier molecular flexibility index (Phi) is 22.8. The van der Waals surface area contributed by atoms with Crippen molar-refractivity contribution in [3.63, 3.8) is 0 Å². The van der Waals surface area contributed by atoms with Crippen molar-refractivity contribution in [2.24, 2.45) is 50.2 Å². The van der Waals surface area contributed by atoms with E-state index in [0.717, 1.165) is 5.57 Å². The zero-order chi connectivity index (χ0) is 71.6. The molecule has 10 fully saturated rings. The van der Waals surface area contributed by atoms with Gasteiger partial charge in [0.05, 0.1) is 70.7 Å². The van der Waals surface area contributed by atoms with Crippen LogP contribution in [-0.2, 0) is 61.6 Å². The van der Waals surface area contributed by atoms with E-state index in [1.54, 1.807) is 0 Å². The van der Waals surface area contributed by atoms with Gasteiger partial charge in [0, 0.05) is 5.41 Å². The van der Waals surface area contributed by atoms with Gasteiger partial charge in [0.2, 0.25) is 6.29 Å². The van der Waals surface area contributed by atoms with Crippen molar-refractivity contribution < 1.29 is 169 Å². The molecule has 4 saturated carbocycles. The number of rotatable bonds is 17. The Morgan fingerprint density at radius 2 is 1.01 bits per heavy atom. The van der Waals surface area contributed by atoms with Gasteiger partial charge in [0.15, 0.2) is 37.6 Å². The molecule has 11 aliphatic rings. The molecule has 38 atom stereocenters. The summed E-state index contributed by atoms with van der Waals surface area (Å²) in [4.78, 5) is 15.5. The number of hydrogen-bond acceptors (Lipinski definition) is 34. The van der Waals surface area contributed by atoms with Crippen LogP contribution in [-0.4, -0.2) is 350 Å². The molecule has 0 aromatic rings. The van der Waals surface area contributed by atoms with Crippen LogP contribution in [0.3, 0.4) is 0 Å². The van der Waals surface area contributed by atoms with Crippen molar-refractivity contribution in [2.45, 2.75) is 283 Å². The SMILES string of the molecule is C[C@@H]1O[C@@H](O[C@H]2C(OC(=O)[C@]34CCC(C)(C)C[C@H]3C3=CCC5[C@@]6(C)C[C@H](O)[C@H](OC7O[C@H](CO[C@@H]8O[C@H](CO[C@@H]9O[C@H](CO)[C@@H](O)[C@H](O)[C@H]9O)[C@@H](O)[C@H](O)[C@H]8O)[C@@H](O)[C@H](O)[C@H]7O)C(CO)(CO)[C@@H]6CC[C@@]5(C)[C@]3(C)C[C@H]4O)OC[C@H](O)[C@@H]2O)[C@H](O)[C@H](O)[C@H]1O[C@@H]1OC[C@@H](O)C(O)[C@H]1O. The second-order valence-electron chi connectivity index (χ2n) is 31.1. The zero-order valence-electron chi connectivity index (χ0n) is 55.5. The van der Waals surface area contributed by atoms with Crippen molar-refractivity contribution in [2.75, 3.05) is 46.2 Å².